The second kappa shape index (κ2) is 14.5. The van der Waals surface area contributed by atoms with Gasteiger partial charge >= 0.3 is 25.8 Å². The number of carboxylic acids is 3. The number of hydrogen-bond acceptors (Lipinski definition) is 6. The van der Waals surface area contributed by atoms with Crippen LogP contribution in [0.3, 0.4) is 0 Å². The molecule has 0 amide bonds. The first kappa shape index (κ1) is 32.9. The van der Waals surface area contributed by atoms with E-state index in [1.807, 2.05) is 75.4 Å². The molecule has 6 aromatic rings. The second-order valence-corrected chi connectivity index (χ2v) is 9.79. The van der Waals surface area contributed by atoms with Gasteiger partial charge in [0.05, 0.1) is 17.9 Å². The number of hydrogen-bond donors (Lipinski definition) is 0. The molecule has 0 N–H and O–H groups in total. The fourth-order valence-electron chi connectivity index (χ4n) is 4.94. The maximum atomic E-state index is 10.8. The van der Waals surface area contributed by atoms with Gasteiger partial charge < -0.3 is 29.7 Å². The first-order chi connectivity index (χ1) is 20.1. The van der Waals surface area contributed by atoms with Gasteiger partial charge in [0.15, 0.2) is 0 Å². The molecule has 0 atom stereocenters. The third-order valence-corrected chi connectivity index (χ3v) is 7.08. The predicted molar refractivity (Wildman–Crippen MR) is 165 cm³/mol. The minimum absolute atomic E-state index is 0. The molecular formula is C36H27InO6. The van der Waals surface area contributed by atoms with Crippen molar-refractivity contribution in [3.05, 3.63) is 143 Å². The van der Waals surface area contributed by atoms with Crippen LogP contribution in [0, 0.1) is 20.8 Å². The number of fused-ring (bicyclic) bond motifs is 3. The zero-order valence-electron chi connectivity index (χ0n) is 23.9. The molecule has 0 aliphatic rings. The van der Waals surface area contributed by atoms with E-state index in [1.165, 1.54) is 0 Å². The summed E-state index contributed by atoms with van der Waals surface area (Å²) in [6.07, 6.45) is 0. The smallest absolute Gasteiger partial charge is 0.545 e. The van der Waals surface area contributed by atoms with Gasteiger partial charge in [-0.05, 0) is 69.8 Å². The van der Waals surface area contributed by atoms with Crippen molar-refractivity contribution < 1.29 is 29.7 Å². The molecule has 43 heavy (non-hydrogen) atoms. The normalized spacial score (nSPS) is 10.1. The Labute approximate surface area is 268 Å². The first-order valence-electron chi connectivity index (χ1n) is 13.2. The van der Waals surface area contributed by atoms with Gasteiger partial charge in [-0.25, -0.2) is 0 Å². The van der Waals surface area contributed by atoms with Crippen molar-refractivity contribution in [1.29, 1.82) is 0 Å². The Hall–Kier alpha value is -4.62. The van der Waals surface area contributed by atoms with Gasteiger partial charge in [-0.3, -0.25) is 0 Å². The van der Waals surface area contributed by atoms with Crippen molar-refractivity contribution in [2.24, 2.45) is 0 Å². The molecule has 0 aromatic heterocycles. The molecule has 0 heterocycles. The van der Waals surface area contributed by atoms with E-state index in [0.717, 1.165) is 49.0 Å². The Bertz CT molecular complexity index is 1740. The maximum Gasteiger partial charge on any atom is 3.00 e. The average Bonchev–Trinajstić information content (AvgIpc) is 2.97. The molecule has 210 valence electrons. The second-order valence-electron chi connectivity index (χ2n) is 9.79. The first-order valence-corrected chi connectivity index (χ1v) is 13.2. The van der Waals surface area contributed by atoms with Crippen molar-refractivity contribution in [3.63, 3.8) is 0 Å². The number of aromatic carboxylic acids is 3. The van der Waals surface area contributed by atoms with E-state index in [9.17, 15) is 29.7 Å². The van der Waals surface area contributed by atoms with Crippen molar-refractivity contribution in [3.8, 4) is 0 Å². The standard InChI is InChI=1S/3C12H10O2.In/c3*1-8-4-2-6-10-9(8)5-3-7-11(10)12(13)14;/h3*2-7H,1H3,(H,13,14);/q;;;+3/p-3. The van der Waals surface area contributed by atoms with Crippen LogP contribution in [0.5, 0.6) is 0 Å². The van der Waals surface area contributed by atoms with Crippen LogP contribution in [0.25, 0.3) is 32.3 Å². The molecular weight excluding hydrogens is 643 g/mol. The van der Waals surface area contributed by atoms with Gasteiger partial charge in [0.25, 0.3) is 0 Å². The fourth-order valence-corrected chi connectivity index (χ4v) is 4.94. The summed E-state index contributed by atoms with van der Waals surface area (Å²) in [7, 11) is 0. The Morgan fingerprint density at radius 3 is 0.814 bits per heavy atom. The SMILES string of the molecule is Cc1cccc2c(C(=O)[O-])cccc12.Cc1cccc2c(C(=O)[O-])cccc12.Cc1cccc2c(C(=O)[O-])cccc12.[In+3]. The number of aryl methyl sites for hydroxylation is 3. The van der Waals surface area contributed by atoms with E-state index < -0.39 is 17.9 Å². The van der Waals surface area contributed by atoms with Crippen LogP contribution >= 0.6 is 0 Å². The molecule has 6 nitrogen and oxygen atoms in total. The largest absolute Gasteiger partial charge is 3.00 e. The quantitative estimate of drug-likeness (QED) is 0.279. The molecule has 0 aliphatic heterocycles. The minimum Gasteiger partial charge on any atom is -0.545 e. The van der Waals surface area contributed by atoms with E-state index in [-0.39, 0.29) is 42.5 Å². The van der Waals surface area contributed by atoms with Crippen LogP contribution < -0.4 is 15.3 Å². The Morgan fingerprint density at radius 2 is 0.581 bits per heavy atom. The zero-order valence-corrected chi connectivity index (χ0v) is 27.2. The van der Waals surface area contributed by atoms with E-state index in [0.29, 0.717) is 0 Å². The summed E-state index contributed by atoms with van der Waals surface area (Å²) in [6.45, 7) is 5.88. The number of carbonyl (C=O) groups excluding carboxylic acids is 3. The van der Waals surface area contributed by atoms with E-state index in [4.69, 9.17) is 0 Å². The molecule has 0 fully saturated rings. The molecule has 6 rings (SSSR count). The molecule has 0 unspecified atom stereocenters. The monoisotopic (exact) mass is 670 g/mol. The summed E-state index contributed by atoms with van der Waals surface area (Å²) in [4.78, 5) is 32.4. The predicted octanol–water partition coefficient (Wildman–Crippen LogP) is 4.15. The molecule has 0 radical (unpaired) electrons. The molecule has 0 spiro atoms. The third-order valence-electron chi connectivity index (χ3n) is 7.08. The van der Waals surface area contributed by atoms with E-state index in [1.54, 1.807) is 54.6 Å². The summed E-state index contributed by atoms with van der Waals surface area (Å²) in [5, 5.41) is 37.6. The number of carboxylic acid groups (broad SMARTS) is 3. The third kappa shape index (κ3) is 7.43. The van der Waals surface area contributed by atoms with Crippen LogP contribution in [0.2, 0.25) is 0 Å². The number of carbonyl (C=O) groups is 3. The van der Waals surface area contributed by atoms with E-state index >= 15 is 0 Å². The molecule has 0 aliphatic carbocycles. The summed E-state index contributed by atoms with van der Waals surface area (Å²) in [5.41, 5.74) is 3.99. The number of rotatable bonds is 3. The molecule has 0 bridgehead atoms. The molecule has 7 heteroatoms. The van der Waals surface area contributed by atoms with Gasteiger partial charge in [-0.15, -0.1) is 0 Å². The van der Waals surface area contributed by atoms with Crippen molar-refractivity contribution >= 4 is 76.1 Å². The van der Waals surface area contributed by atoms with Gasteiger partial charge in [0, 0.05) is 16.7 Å². The van der Waals surface area contributed by atoms with Crippen molar-refractivity contribution in [2.75, 3.05) is 0 Å². The summed E-state index contributed by atoms with van der Waals surface area (Å²) < 4.78 is 0. The van der Waals surface area contributed by atoms with Crippen LogP contribution in [0.15, 0.2) is 109 Å². The Morgan fingerprint density at radius 1 is 0.372 bits per heavy atom. The van der Waals surface area contributed by atoms with E-state index in [2.05, 4.69) is 0 Å². The summed E-state index contributed by atoms with van der Waals surface area (Å²) in [5.74, 6) is -3.37. The van der Waals surface area contributed by atoms with Gasteiger partial charge in [-0.1, -0.05) is 109 Å². The molecule has 6 aromatic carbocycles. The van der Waals surface area contributed by atoms with Crippen LogP contribution in [0.1, 0.15) is 47.8 Å². The van der Waals surface area contributed by atoms with Crippen molar-refractivity contribution in [2.45, 2.75) is 20.8 Å². The van der Waals surface area contributed by atoms with Crippen molar-refractivity contribution in [1.82, 2.24) is 0 Å². The fraction of sp³-hybridized carbons (Fsp3) is 0.0833. The molecule has 0 saturated carbocycles. The average molecular weight is 670 g/mol. The summed E-state index contributed by atoms with van der Waals surface area (Å²) in [6, 6.07) is 32.5. The number of benzene rings is 6. The minimum atomic E-state index is -1.12. The molecule has 0 saturated heterocycles. The van der Waals surface area contributed by atoms with Crippen LogP contribution in [-0.4, -0.2) is 43.8 Å². The van der Waals surface area contributed by atoms with Gasteiger partial charge in [-0.2, -0.15) is 0 Å². The Kier molecular flexibility index (Phi) is 11.1. The summed E-state index contributed by atoms with van der Waals surface area (Å²) >= 11 is 0. The van der Waals surface area contributed by atoms with Crippen LogP contribution in [0.4, 0.5) is 0 Å². The topological polar surface area (TPSA) is 120 Å². The zero-order chi connectivity index (χ0) is 30.4. The van der Waals surface area contributed by atoms with Crippen LogP contribution in [-0.2, 0) is 0 Å². The Balaban J connectivity index is 0.000000175. The van der Waals surface area contributed by atoms with Gasteiger partial charge in [0.1, 0.15) is 0 Å². The maximum absolute atomic E-state index is 10.8. The van der Waals surface area contributed by atoms with Gasteiger partial charge in [0.2, 0.25) is 0 Å².